The second-order valence-corrected chi connectivity index (χ2v) is 8.21. The third-order valence-electron chi connectivity index (χ3n) is 5.56. The van der Waals surface area contributed by atoms with Gasteiger partial charge in [-0.15, -0.1) is 0 Å². The molecular weight excluding hydrogens is 380 g/mol. The molecule has 0 radical (unpaired) electrons. The fourth-order valence-electron chi connectivity index (χ4n) is 3.93. The fraction of sp³-hybridized carbons (Fsp3) is 0.333. The molecule has 0 atom stereocenters. The van der Waals surface area contributed by atoms with Gasteiger partial charge in [0.25, 0.3) is 0 Å². The monoisotopic (exact) mass is 404 g/mol. The van der Waals surface area contributed by atoms with Crippen LogP contribution in [-0.4, -0.2) is 41.0 Å². The number of hydrogen-bond acceptors (Lipinski definition) is 4. The summed E-state index contributed by atoms with van der Waals surface area (Å²) < 4.78 is 0. The van der Waals surface area contributed by atoms with E-state index in [1.165, 1.54) is 11.1 Å². The van der Waals surface area contributed by atoms with Crippen molar-refractivity contribution in [1.82, 2.24) is 14.8 Å². The topological polar surface area (TPSA) is 43.2 Å². The molecule has 0 spiro atoms. The molecule has 29 heavy (non-hydrogen) atoms. The van der Waals surface area contributed by atoms with Crippen molar-refractivity contribution in [2.75, 3.05) is 26.2 Å². The summed E-state index contributed by atoms with van der Waals surface area (Å²) in [6.45, 7) is 8.02. The first kappa shape index (κ1) is 19.8. The average molecular weight is 405 g/mol. The van der Waals surface area contributed by atoms with Crippen LogP contribution in [-0.2, 0) is 13.1 Å². The van der Waals surface area contributed by atoms with E-state index in [0.717, 1.165) is 62.2 Å². The Hall–Kier alpha value is -2.45. The molecule has 3 aromatic rings. The molecule has 2 heterocycles. The first-order chi connectivity index (χ1) is 14.1. The highest BCUT2D eigenvalue weighted by Crippen LogP contribution is 2.23. The van der Waals surface area contributed by atoms with Gasteiger partial charge in [-0.3, -0.25) is 9.80 Å². The standard InChI is InChI=1S/C24H25ClN4/c1-18-3-8-21-14-22(24(25)27-23(21)13-18)17-29-10-2-9-28(11-12-29)16-20-6-4-19(15-26)5-7-20/h3-8,13-14H,2,9-12,16-17H2,1H3. The number of rotatable bonds is 4. The second-order valence-electron chi connectivity index (χ2n) is 7.85. The second kappa shape index (κ2) is 8.92. The van der Waals surface area contributed by atoms with E-state index in [2.05, 4.69) is 64.2 Å². The highest BCUT2D eigenvalue weighted by Gasteiger charge is 2.17. The van der Waals surface area contributed by atoms with E-state index in [1.54, 1.807) is 0 Å². The van der Waals surface area contributed by atoms with Gasteiger partial charge in [0.2, 0.25) is 0 Å². The van der Waals surface area contributed by atoms with Gasteiger partial charge < -0.3 is 0 Å². The summed E-state index contributed by atoms with van der Waals surface area (Å²) in [5, 5.41) is 10.7. The van der Waals surface area contributed by atoms with Crippen molar-refractivity contribution in [2.45, 2.75) is 26.4 Å². The summed E-state index contributed by atoms with van der Waals surface area (Å²) in [6.07, 6.45) is 1.13. The molecule has 1 aliphatic heterocycles. The normalized spacial score (nSPS) is 15.9. The van der Waals surface area contributed by atoms with Crippen molar-refractivity contribution in [3.05, 3.63) is 75.9 Å². The molecule has 148 valence electrons. The van der Waals surface area contributed by atoms with Crippen molar-refractivity contribution < 1.29 is 0 Å². The molecule has 0 unspecified atom stereocenters. The Labute approximate surface area is 177 Å². The lowest BCUT2D eigenvalue weighted by Gasteiger charge is -2.22. The van der Waals surface area contributed by atoms with Crippen LogP contribution in [0.3, 0.4) is 0 Å². The lowest BCUT2D eigenvalue weighted by Crippen LogP contribution is -2.30. The number of aromatic nitrogens is 1. The molecule has 0 bridgehead atoms. The summed E-state index contributed by atoms with van der Waals surface area (Å²) in [6, 6.07) is 18.6. The number of benzene rings is 2. The first-order valence-corrected chi connectivity index (χ1v) is 10.5. The highest BCUT2D eigenvalue weighted by molar-refractivity contribution is 6.30. The zero-order valence-electron chi connectivity index (χ0n) is 16.7. The van der Waals surface area contributed by atoms with E-state index >= 15 is 0 Å². The van der Waals surface area contributed by atoms with E-state index in [9.17, 15) is 0 Å². The van der Waals surface area contributed by atoms with Crippen molar-refractivity contribution in [2.24, 2.45) is 0 Å². The highest BCUT2D eigenvalue weighted by atomic mass is 35.5. The minimum Gasteiger partial charge on any atom is -0.298 e. The van der Waals surface area contributed by atoms with Crippen molar-refractivity contribution >= 4 is 22.5 Å². The van der Waals surface area contributed by atoms with Gasteiger partial charge in [0.15, 0.2) is 0 Å². The summed E-state index contributed by atoms with van der Waals surface area (Å²) in [7, 11) is 0. The van der Waals surface area contributed by atoms with Gasteiger partial charge in [0.1, 0.15) is 5.15 Å². The maximum Gasteiger partial charge on any atom is 0.134 e. The maximum atomic E-state index is 8.95. The molecule has 4 rings (SSSR count). The molecule has 1 saturated heterocycles. The molecule has 1 aliphatic rings. The van der Waals surface area contributed by atoms with Crippen LogP contribution in [0, 0.1) is 18.3 Å². The summed E-state index contributed by atoms with van der Waals surface area (Å²) in [5.74, 6) is 0. The summed E-state index contributed by atoms with van der Waals surface area (Å²) >= 11 is 6.51. The van der Waals surface area contributed by atoms with Gasteiger partial charge in [0.05, 0.1) is 17.1 Å². The third kappa shape index (κ3) is 4.94. The number of halogens is 1. The molecule has 5 heteroatoms. The Morgan fingerprint density at radius 2 is 1.69 bits per heavy atom. The zero-order valence-corrected chi connectivity index (χ0v) is 17.5. The van der Waals surface area contributed by atoms with Gasteiger partial charge in [-0.2, -0.15) is 5.26 Å². The van der Waals surface area contributed by atoms with Crippen LogP contribution in [0.25, 0.3) is 10.9 Å². The van der Waals surface area contributed by atoms with Crippen LogP contribution in [0.15, 0.2) is 48.5 Å². The maximum absolute atomic E-state index is 8.95. The van der Waals surface area contributed by atoms with Crippen LogP contribution >= 0.6 is 11.6 Å². The number of nitrogens with zero attached hydrogens (tertiary/aromatic N) is 4. The van der Waals surface area contributed by atoms with Crippen molar-refractivity contribution in [3.63, 3.8) is 0 Å². The van der Waals surface area contributed by atoms with E-state index in [4.69, 9.17) is 16.9 Å². The Balaban J connectivity index is 1.39. The molecule has 0 amide bonds. The zero-order chi connectivity index (χ0) is 20.2. The Morgan fingerprint density at radius 1 is 0.966 bits per heavy atom. The molecule has 4 nitrogen and oxygen atoms in total. The number of hydrogen-bond donors (Lipinski definition) is 0. The molecular formula is C24H25ClN4. The Morgan fingerprint density at radius 3 is 2.41 bits per heavy atom. The SMILES string of the molecule is Cc1ccc2cc(CN3CCCN(Cc4ccc(C#N)cc4)CC3)c(Cl)nc2c1. The lowest BCUT2D eigenvalue weighted by atomic mass is 10.1. The van der Waals surface area contributed by atoms with Gasteiger partial charge in [-0.1, -0.05) is 35.9 Å². The van der Waals surface area contributed by atoms with E-state index in [1.807, 2.05) is 12.1 Å². The van der Waals surface area contributed by atoms with Crippen LogP contribution in [0.2, 0.25) is 5.15 Å². The van der Waals surface area contributed by atoms with Gasteiger partial charge in [-0.25, -0.2) is 4.98 Å². The predicted molar refractivity (Wildman–Crippen MR) is 118 cm³/mol. The number of aryl methyl sites for hydroxylation is 1. The van der Waals surface area contributed by atoms with E-state index < -0.39 is 0 Å². The third-order valence-corrected chi connectivity index (χ3v) is 5.89. The smallest absolute Gasteiger partial charge is 0.134 e. The summed E-state index contributed by atoms with van der Waals surface area (Å²) in [5.41, 5.74) is 5.23. The molecule has 0 saturated carbocycles. The average Bonchev–Trinajstić information content (AvgIpc) is 2.94. The largest absolute Gasteiger partial charge is 0.298 e. The molecule has 1 aromatic heterocycles. The molecule has 0 aliphatic carbocycles. The quantitative estimate of drug-likeness (QED) is 0.587. The van der Waals surface area contributed by atoms with Gasteiger partial charge in [0, 0.05) is 37.1 Å². The molecule has 2 aromatic carbocycles. The first-order valence-electron chi connectivity index (χ1n) is 10.1. The number of fused-ring (bicyclic) bond motifs is 1. The Bertz CT molecular complexity index is 1040. The summed E-state index contributed by atoms with van der Waals surface area (Å²) in [4.78, 5) is 9.58. The predicted octanol–water partition coefficient (Wildman–Crippen LogP) is 4.78. The lowest BCUT2D eigenvalue weighted by molar-refractivity contribution is 0.247. The minimum absolute atomic E-state index is 0.613. The number of nitriles is 1. The Kier molecular flexibility index (Phi) is 6.10. The van der Waals surface area contributed by atoms with Gasteiger partial charge >= 0.3 is 0 Å². The minimum atomic E-state index is 0.613. The van der Waals surface area contributed by atoms with Crippen LogP contribution < -0.4 is 0 Å². The van der Waals surface area contributed by atoms with Crippen LogP contribution in [0.1, 0.15) is 28.7 Å². The van der Waals surface area contributed by atoms with Crippen LogP contribution in [0.4, 0.5) is 0 Å². The van der Waals surface area contributed by atoms with Crippen molar-refractivity contribution in [1.29, 1.82) is 5.26 Å². The van der Waals surface area contributed by atoms with Crippen LogP contribution in [0.5, 0.6) is 0 Å². The van der Waals surface area contributed by atoms with E-state index in [-0.39, 0.29) is 0 Å². The molecule has 0 N–H and O–H groups in total. The van der Waals surface area contributed by atoms with Gasteiger partial charge in [-0.05, 0) is 61.8 Å². The fourth-order valence-corrected chi connectivity index (χ4v) is 4.14. The molecule has 1 fully saturated rings. The van der Waals surface area contributed by atoms with Crippen molar-refractivity contribution in [3.8, 4) is 6.07 Å². The van der Waals surface area contributed by atoms with E-state index in [0.29, 0.717) is 10.7 Å². The number of pyridine rings is 1.